The second-order valence-corrected chi connectivity index (χ2v) is 8.69. The van der Waals surface area contributed by atoms with Crippen molar-refractivity contribution in [1.29, 1.82) is 0 Å². The Bertz CT molecular complexity index is 1870. The molecule has 8 bridgehead atoms. The monoisotopic (exact) mass is 588 g/mol. The van der Waals surface area contributed by atoms with Crippen LogP contribution in [0.5, 0.6) is 0 Å². The minimum absolute atomic E-state index is 0.426. The van der Waals surface area contributed by atoms with Crippen LogP contribution in [0.3, 0.4) is 0 Å². The molecule has 4 aromatic heterocycles. The topological polar surface area (TPSA) is 104 Å². The zero-order valence-electron chi connectivity index (χ0n) is 26.4. The molecule has 8 nitrogen and oxygen atoms in total. The number of aromatic nitrogens is 4. The van der Waals surface area contributed by atoms with Gasteiger partial charge in [0.05, 0.1) is 22.3 Å². The minimum Gasteiger partial charge on any atom is -0.436 e. The predicted molar refractivity (Wildman–Crippen MR) is 177 cm³/mol. The summed E-state index contributed by atoms with van der Waals surface area (Å²) in [6, 6.07) is 22.8. The molecule has 0 amide bonds. The van der Waals surface area contributed by atoms with Gasteiger partial charge in [0, 0.05) is 0 Å². The first kappa shape index (κ1) is 30.2. The fourth-order valence-electron chi connectivity index (χ4n) is 4.93. The van der Waals surface area contributed by atoms with Crippen LogP contribution in [0.2, 0.25) is 0 Å². The molecular weight excluding hydrogens is 552 g/mol. The first-order valence-electron chi connectivity index (χ1n) is 15.4. The van der Waals surface area contributed by atoms with Crippen molar-refractivity contribution in [2.45, 2.75) is 55.4 Å². The summed E-state index contributed by atoms with van der Waals surface area (Å²) in [6.45, 7) is 16.0. The summed E-state index contributed by atoms with van der Waals surface area (Å²) < 4.78 is 25.1. The zero-order valence-corrected chi connectivity index (χ0v) is 26.4. The van der Waals surface area contributed by atoms with Crippen LogP contribution in [0.4, 0.5) is 0 Å². The third-order valence-electron chi connectivity index (χ3n) is 6.59. The van der Waals surface area contributed by atoms with Gasteiger partial charge in [-0.15, -0.1) is 0 Å². The number of nitrogens with zero attached hydrogens (tertiary/aromatic N) is 4. The van der Waals surface area contributed by atoms with Crippen LogP contribution in [0, 0.1) is 0 Å². The highest BCUT2D eigenvalue weighted by molar-refractivity contribution is 5.98. The number of benzene rings is 4. The standard InChI is InChI=1S/C28H12N4O4.4C2H6/c1-6-14-22-17(9-1)29-25(34-22)13-5-4-12-20-21(13)32-28(33-20)16-8-3-11-19-24(16)36-27(31-19)15-7-2-10-18-23(15)35-26(14)30-18;4*1-2/h1-12H;4*1-2H3. The van der Waals surface area contributed by atoms with Gasteiger partial charge in [0.15, 0.2) is 22.3 Å². The molecule has 8 heteroatoms. The van der Waals surface area contributed by atoms with Crippen molar-refractivity contribution in [1.82, 2.24) is 19.9 Å². The van der Waals surface area contributed by atoms with Crippen LogP contribution in [0.15, 0.2) is 90.5 Å². The molecule has 4 aromatic carbocycles. The zero-order chi connectivity index (χ0) is 31.4. The quantitative estimate of drug-likeness (QED) is 0.172. The molecule has 5 heterocycles. The van der Waals surface area contributed by atoms with Gasteiger partial charge >= 0.3 is 0 Å². The van der Waals surface area contributed by atoms with Crippen LogP contribution in [0.25, 0.3) is 90.2 Å². The van der Waals surface area contributed by atoms with Crippen LogP contribution in [-0.4, -0.2) is 19.9 Å². The summed E-state index contributed by atoms with van der Waals surface area (Å²) in [4.78, 5) is 19.1. The number of oxazole rings is 4. The Balaban J connectivity index is 0.000000448. The molecule has 0 unspecified atom stereocenters. The molecule has 44 heavy (non-hydrogen) atoms. The van der Waals surface area contributed by atoms with Crippen molar-refractivity contribution in [3.05, 3.63) is 72.8 Å². The molecule has 0 aliphatic carbocycles. The van der Waals surface area contributed by atoms with Crippen molar-refractivity contribution in [3.63, 3.8) is 0 Å². The van der Waals surface area contributed by atoms with E-state index in [2.05, 4.69) is 0 Å². The molecule has 0 spiro atoms. The van der Waals surface area contributed by atoms with Crippen molar-refractivity contribution >= 4 is 44.4 Å². The van der Waals surface area contributed by atoms with E-state index >= 15 is 0 Å². The van der Waals surface area contributed by atoms with E-state index in [1.165, 1.54) is 0 Å². The number of hydrogen-bond acceptors (Lipinski definition) is 8. The van der Waals surface area contributed by atoms with E-state index in [9.17, 15) is 0 Å². The first-order valence-corrected chi connectivity index (χ1v) is 15.4. The van der Waals surface area contributed by atoms with Gasteiger partial charge in [-0.2, -0.15) is 0 Å². The fourth-order valence-corrected chi connectivity index (χ4v) is 4.93. The van der Waals surface area contributed by atoms with E-state index in [1.54, 1.807) is 0 Å². The van der Waals surface area contributed by atoms with E-state index in [4.69, 9.17) is 37.6 Å². The number of para-hydroxylation sites is 4. The van der Waals surface area contributed by atoms with Gasteiger partial charge in [0.1, 0.15) is 22.1 Å². The SMILES string of the molecule is CC.CC.CC.CC.c1cc2c3oc(nc3c1)-c1cccc3oc(nc13)-c1cccc3nc(oc13)-c1cccc3nc-2oc13. The molecule has 9 rings (SSSR count). The highest BCUT2D eigenvalue weighted by Gasteiger charge is 2.24. The Morgan fingerprint density at radius 1 is 0.364 bits per heavy atom. The number of rotatable bonds is 0. The first-order chi connectivity index (χ1) is 21.8. The lowest BCUT2D eigenvalue weighted by atomic mass is 10.2. The third-order valence-corrected chi connectivity index (χ3v) is 6.59. The normalized spacial score (nSPS) is 10.7. The molecule has 1 aliphatic heterocycles. The highest BCUT2D eigenvalue weighted by Crippen LogP contribution is 2.40. The smallest absolute Gasteiger partial charge is 0.231 e. The Hall–Kier alpha value is -5.24. The third kappa shape index (κ3) is 4.82. The molecule has 224 valence electrons. The van der Waals surface area contributed by atoms with Crippen molar-refractivity contribution in [3.8, 4) is 45.8 Å². The molecule has 0 saturated heterocycles. The molecule has 0 saturated carbocycles. The van der Waals surface area contributed by atoms with Gasteiger partial charge in [0.2, 0.25) is 23.6 Å². The highest BCUT2D eigenvalue weighted by atomic mass is 16.4. The van der Waals surface area contributed by atoms with Gasteiger partial charge in [-0.05, 0) is 48.5 Å². The van der Waals surface area contributed by atoms with E-state index in [0.29, 0.717) is 84.7 Å². The molecule has 0 radical (unpaired) electrons. The minimum atomic E-state index is 0.426. The Labute approximate surface area is 255 Å². The molecule has 8 aromatic rings. The maximum atomic E-state index is 6.32. The van der Waals surface area contributed by atoms with E-state index in [0.717, 1.165) is 5.56 Å². The average Bonchev–Trinajstić information content (AvgIpc) is 3.90. The summed E-state index contributed by atoms with van der Waals surface area (Å²) in [5, 5.41) is 0. The maximum absolute atomic E-state index is 6.32. The summed E-state index contributed by atoms with van der Waals surface area (Å²) in [6.07, 6.45) is 0. The van der Waals surface area contributed by atoms with Gasteiger partial charge in [-0.3, -0.25) is 0 Å². The summed E-state index contributed by atoms with van der Waals surface area (Å²) >= 11 is 0. The predicted octanol–water partition coefficient (Wildman–Crippen LogP) is 11.3. The fraction of sp³-hybridized carbons (Fsp3) is 0.222. The van der Waals surface area contributed by atoms with Crippen molar-refractivity contribution in [2.24, 2.45) is 0 Å². The van der Waals surface area contributed by atoms with E-state index < -0.39 is 0 Å². The number of hydrogen-bond donors (Lipinski definition) is 0. The average molecular weight is 589 g/mol. The summed E-state index contributed by atoms with van der Waals surface area (Å²) in [5.41, 5.74) is 7.89. The molecule has 0 N–H and O–H groups in total. The van der Waals surface area contributed by atoms with Crippen molar-refractivity contribution in [2.75, 3.05) is 0 Å². The van der Waals surface area contributed by atoms with E-state index in [1.807, 2.05) is 128 Å². The Kier molecular flexibility index (Phi) is 8.90. The Morgan fingerprint density at radius 2 is 0.705 bits per heavy atom. The Morgan fingerprint density at radius 3 is 1.14 bits per heavy atom. The maximum Gasteiger partial charge on any atom is 0.231 e. The lowest BCUT2D eigenvalue weighted by Crippen LogP contribution is -1.81. The van der Waals surface area contributed by atoms with Gasteiger partial charge in [-0.1, -0.05) is 79.7 Å². The molecule has 0 fully saturated rings. The second-order valence-electron chi connectivity index (χ2n) is 8.69. The lowest BCUT2D eigenvalue weighted by Gasteiger charge is -1.98. The second kappa shape index (κ2) is 13.0. The molecule has 0 atom stereocenters. The van der Waals surface area contributed by atoms with Gasteiger partial charge < -0.3 is 17.7 Å². The summed E-state index contributed by atoms with van der Waals surface area (Å²) in [7, 11) is 0. The largest absolute Gasteiger partial charge is 0.436 e. The van der Waals surface area contributed by atoms with Crippen LogP contribution < -0.4 is 0 Å². The molecular formula is C36H36N4O4. The van der Waals surface area contributed by atoms with Gasteiger partial charge in [0.25, 0.3) is 0 Å². The van der Waals surface area contributed by atoms with E-state index in [-0.39, 0.29) is 0 Å². The van der Waals surface area contributed by atoms with Crippen molar-refractivity contribution < 1.29 is 17.7 Å². The van der Waals surface area contributed by atoms with Crippen LogP contribution in [0.1, 0.15) is 55.4 Å². The number of fused-ring (bicyclic) bond motifs is 8. The van der Waals surface area contributed by atoms with Gasteiger partial charge in [-0.25, -0.2) is 19.9 Å². The lowest BCUT2D eigenvalue weighted by molar-refractivity contribution is 0.596. The molecule has 1 aliphatic rings. The van der Waals surface area contributed by atoms with Crippen LogP contribution >= 0.6 is 0 Å². The summed E-state index contributed by atoms with van der Waals surface area (Å²) in [5.74, 6) is 1.72. The van der Waals surface area contributed by atoms with Crippen LogP contribution in [-0.2, 0) is 0 Å².